The van der Waals surface area contributed by atoms with Crippen molar-refractivity contribution in [1.29, 1.82) is 0 Å². The topological polar surface area (TPSA) is 81.2 Å². The molecule has 60 valence electrons. The summed E-state index contributed by atoms with van der Waals surface area (Å²) < 4.78 is 35.0. The van der Waals surface area contributed by atoms with Crippen LogP contribution in [0.1, 0.15) is 12.5 Å². The maximum atomic E-state index is 10.5. The summed E-state index contributed by atoms with van der Waals surface area (Å²) in [4.78, 5) is 12.6. The SMILES string of the molecule is [2H]C([2H])(O)c1cnc([N+](=O)[O-])n1C([2H])([2H])[2H]. The van der Waals surface area contributed by atoms with E-state index in [2.05, 4.69) is 4.98 Å². The molecular formula is C5H7N3O3. The first-order chi connectivity index (χ1) is 7.05. The van der Waals surface area contributed by atoms with E-state index in [9.17, 15) is 10.1 Å². The summed E-state index contributed by atoms with van der Waals surface area (Å²) in [6.45, 7) is -6.01. The molecule has 1 heterocycles. The van der Waals surface area contributed by atoms with E-state index in [-0.39, 0.29) is 4.57 Å². The second-order valence-corrected chi connectivity index (χ2v) is 1.65. The van der Waals surface area contributed by atoms with E-state index < -0.39 is 30.1 Å². The van der Waals surface area contributed by atoms with Crippen LogP contribution in [0.25, 0.3) is 0 Å². The molecule has 1 N–H and O–H groups in total. The first kappa shape index (κ1) is 3.31. The minimum atomic E-state index is -3.02. The number of nitrogens with zero attached hydrogens (tertiary/aromatic N) is 3. The van der Waals surface area contributed by atoms with E-state index in [4.69, 9.17) is 12.0 Å². The third kappa shape index (κ3) is 1.20. The lowest BCUT2D eigenvalue weighted by atomic mass is 10.5. The molecule has 0 fully saturated rings. The fourth-order valence-electron chi connectivity index (χ4n) is 0.550. The summed E-state index contributed by atoms with van der Waals surface area (Å²) in [5.41, 5.74) is -0.792. The Labute approximate surface area is 69.3 Å². The molecule has 0 amide bonds. The van der Waals surface area contributed by atoms with Crippen molar-refractivity contribution >= 4 is 5.95 Å². The van der Waals surface area contributed by atoms with E-state index in [0.29, 0.717) is 6.20 Å². The van der Waals surface area contributed by atoms with E-state index in [1.165, 1.54) is 0 Å². The monoisotopic (exact) mass is 162 g/mol. The van der Waals surface area contributed by atoms with Gasteiger partial charge in [-0.1, -0.05) is 4.98 Å². The highest BCUT2D eigenvalue weighted by Crippen LogP contribution is 2.09. The maximum Gasteiger partial charge on any atom is 0.434 e. The summed E-state index contributed by atoms with van der Waals surface area (Å²) in [7, 11) is 0. The van der Waals surface area contributed by atoms with Crippen LogP contribution in [0.5, 0.6) is 0 Å². The van der Waals surface area contributed by atoms with E-state index >= 15 is 0 Å². The van der Waals surface area contributed by atoms with E-state index in [0.717, 1.165) is 0 Å². The summed E-state index contributed by atoms with van der Waals surface area (Å²) >= 11 is 0. The Morgan fingerprint density at radius 1 is 2.18 bits per heavy atom. The van der Waals surface area contributed by atoms with Crippen LogP contribution in [-0.2, 0) is 13.5 Å². The summed E-state index contributed by atoms with van der Waals surface area (Å²) in [6.07, 6.45) is 0.616. The van der Waals surface area contributed by atoms with Gasteiger partial charge < -0.3 is 15.2 Å². The first-order valence-electron chi connectivity index (χ1n) is 5.00. The molecule has 1 aromatic heterocycles. The van der Waals surface area contributed by atoms with Crippen LogP contribution in [0, 0.1) is 10.1 Å². The zero-order valence-corrected chi connectivity index (χ0v) is 5.18. The molecule has 0 saturated heterocycles. The average Bonchev–Trinajstić information content (AvgIpc) is 2.43. The number of aromatic nitrogens is 2. The minimum absolute atomic E-state index is 0.0764. The summed E-state index contributed by atoms with van der Waals surface area (Å²) in [5, 5.41) is 19.5. The van der Waals surface area contributed by atoms with Crippen molar-refractivity contribution in [2.45, 2.75) is 6.56 Å². The Hall–Kier alpha value is -1.43. The van der Waals surface area contributed by atoms with Gasteiger partial charge in [-0.3, -0.25) is 0 Å². The molecule has 0 aliphatic carbocycles. The molecule has 1 rings (SSSR count). The molecule has 0 aromatic carbocycles. The van der Waals surface area contributed by atoms with Gasteiger partial charge in [-0.2, -0.15) is 0 Å². The minimum Gasteiger partial charge on any atom is -0.390 e. The molecule has 6 nitrogen and oxygen atoms in total. The van der Waals surface area contributed by atoms with Crippen molar-refractivity contribution in [1.82, 2.24) is 9.55 Å². The molecule has 0 spiro atoms. The van der Waals surface area contributed by atoms with Crippen LogP contribution in [0.3, 0.4) is 0 Å². The molecule has 0 aliphatic rings. The number of aliphatic hydroxyl groups is 1. The van der Waals surface area contributed by atoms with Gasteiger partial charge in [0.2, 0.25) is 0 Å². The molecule has 11 heavy (non-hydrogen) atoms. The number of nitro groups is 1. The molecule has 0 atom stereocenters. The average molecular weight is 162 g/mol. The van der Waals surface area contributed by atoms with Gasteiger partial charge in [-0.15, -0.1) is 0 Å². The van der Waals surface area contributed by atoms with Crippen LogP contribution in [0.2, 0.25) is 0 Å². The Kier molecular flexibility index (Phi) is 0.803. The molecule has 0 saturated carbocycles. The predicted molar refractivity (Wildman–Crippen MR) is 35.8 cm³/mol. The van der Waals surface area contributed by atoms with Gasteiger partial charge in [0.05, 0.1) is 13.8 Å². The van der Waals surface area contributed by atoms with Gasteiger partial charge >= 0.3 is 5.95 Å². The second-order valence-electron chi connectivity index (χ2n) is 1.65. The zero-order chi connectivity index (χ0) is 12.7. The molecular weight excluding hydrogens is 150 g/mol. The van der Waals surface area contributed by atoms with Crippen LogP contribution >= 0.6 is 0 Å². The Morgan fingerprint density at radius 2 is 2.91 bits per heavy atom. The Bertz CT molecular complexity index is 420. The van der Waals surface area contributed by atoms with Crippen molar-refractivity contribution in [3.05, 3.63) is 22.0 Å². The number of rotatable bonds is 2. The summed E-state index contributed by atoms with van der Waals surface area (Å²) in [6, 6.07) is 0. The smallest absolute Gasteiger partial charge is 0.390 e. The Morgan fingerprint density at radius 3 is 3.36 bits per heavy atom. The third-order valence-corrected chi connectivity index (χ3v) is 1.02. The molecule has 0 bridgehead atoms. The number of hydrogen-bond acceptors (Lipinski definition) is 4. The standard InChI is InChI=1S/C5H7N3O3/c1-7-4(3-9)2-6-5(7)8(10)11/h2,9H,3H2,1H3/i1D3,3D2. The second kappa shape index (κ2) is 2.67. The van der Waals surface area contributed by atoms with Gasteiger partial charge in [-0.25, -0.2) is 4.57 Å². The molecule has 6 heteroatoms. The van der Waals surface area contributed by atoms with Crippen LogP contribution < -0.4 is 0 Å². The van der Waals surface area contributed by atoms with Crippen molar-refractivity contribution in [3.8, 4) is 0 Å². The maximum absolute atomic E-state index is 10.5. The van der Waals surface area contributed by atoms with E-state index in [1.807, 2.05) is 0 Å². The van der Waals surface area contributed by atoms with Crippen molar-refractivity contribution in [2.24, 2.45) is 6.98 Å². The van der Waals surface area contributed by atoms with Gasteiger partial charge in [-0.05, 0) is 4.92 Å². The van der Waals surface area contributed by atoms with Gasteiger partial charge in [0.1, 0.15) is 18.4 Å². The van der Waals surface area contributed by atoms with Crippen molar-refractivity contribution in [3.63, 3.8) is 0 Å². The predicted octanol–water partition coefficient (Wildman–Crippen LogP) is -0.179. The highest BCUT2D eigenvalue weighted by Gasteiger charge is 2.15. The van der Waals surface area contributed by atoms with E-state index in [1.54, 1.807) is 0 Å². The molecule has 0 radical (unpaired) electrons. The highest BCUT2D eigenvalue weighted by atomic mass is 16.6. The lowest BCUT2D eigenvalue weighted by Gasteiger charge is -1.94. The van der Waals surface area contributed by atoms with Crippen LogP contribution in [0.15, 0.2) is 6.20 Å². The fraction of sp³-hybridized carbons (Fsp3) is 0.400. The molecule has 0 unspecified atom stereocenters. The zero-order valence-electron chi connectivity index (χ0n) is 10.2. The quantitative estimate of drug-likeness (QED) is 0.483. The van der Waals surface area contributed by atoms with Gasteiger partial charge in [0.15, 0.2) is 0 Å². The number of imidazole rings is 1. The highest BCUT2D eigenvalue weighted by molar-refractivity contribution is 5.13. The fourth-order valence-corrected chi connectivity index (χ4v) is 0.550. The van der Waals surface area contributed by atoms with Crippen LogP contribution in [0.4, 0.5) is 5.95 Å². The third-order valence-electron chi connectivity index (χ3n) is 1.02. The first-order valence-corrected chi connectivity index (χ1v) is 2.50. The number of hydrogen-bond donors (Lipinski definition) is 1. The molecule has 1 aromatic rings. The lowest BCUT2D eigenvalue weighted by Crippen LogP contribution is -2.01. The van der Waals surface area contributed by atoms with Gasteiger partial charge in [0.25, 0.3) is 0 Å². The van der Waals surface area contributed by atoms with Crippen molar-refractivity contribution in [2.75, 3.05) is 0 Å². The normalized spacial score (nSPS) is 19.2. The Balaban J connectivity index is 3.50. The lowest BCUT2D eigenvalue weighted by molar-refractivity contribution is -0.396. The van der Waals surface area contributed by atoms with Gasteiger partial charge in [0, 0.05) is 0 Å². The molecule has 0 aliphatic heterocycles. The van der Waals surface area contributed by atoms with Crippen molar-refractivity contribution < 1.29 is 16.9 Å². The van der Waals surface area contributed by atoms with Crippen LogP contribution in [-0.4, -0.2) is 19.6 Å². The summed E-state index contributed by atoms with van der Waals surface area (Å²) in [5.74, 6) is -1.05. The largest absolute Gasteiger partial charge is 0.434 e.